The van der Waals surface area contributed by atoms with Crippen molar-refractivity contribution in [1.82, 2.24) is 0 Å². The van der Waals surface area contributed by atoms with E-state index in [0.717, 1.165) is 5.56 Å². The van der Waals surface area contributed by atoms with Crippen LogP contribution in [0.2, 0.25) is 0 Å². The van der Waals surface area contributed by atoms with E-state index in [1.165, 1.54) is 0 Å². The second kappa shape index (κ2) is 6.40. The molecule has 1 aromatic carbocycles. The quantitative estimate of drug-likeness (QED) is 0.791. The molecule has 0 aliphatic carbocycles. The second-order valence-electron chi connectivity index (χ2n) is 4.27. The maximum absolute atomic E-state index is 11.2. The molecule has 17 heavy (non-hydrogen) atoms. The monoisotopic (exact) mass is 236 g/mol. The number of ether oxygens (including phenoxy) is 1. The van der Waals surface area contributed by atoms with Gasteiger partial charge in [-0.25, -0.2) is 0 Å². The molecule has 1 rings (SSSR count). The van der Waals surface area contributed by atoms with Gasteiger partial charge < -0.3 is 9.84 Å². The van der Waals surface area contributed by atoms with Gasteiger partial charge in [-0.1, -0.05) is 44.2 Å². The summed E-state index contributed by atoms with van der Waals surface area (Å²) < 4.78 is 5.55. The zero-order valence-electron chi connectivity index (χ0n) is 10.5. The Morgan fingerprint density at radius 1 is 1.24 bits per heavy atom. The van der Waals surface area contributed by atoms with E-state index < -0.39 is 11.4 Å². The van der Waals surface area contributed by atoms with Crippen LogP contribution >= 0.6 is 0 Å². The first-order valence-electron chi connectivity index (χ1n) is 5.99. The summed E-state index contributed by atoms with van der Waals surface area (Å²) in [6.45, 7) is 4.52. The maximum Gasteiger partial charge on any atom is 0.311 e. The van der Waals surface area contributed by atoms with Crippen LogP contribution in [0.4, 0.5) is 0 Å². The third-order valence-corrected chi connectivity index (χ3v) is 3.30. The lowest BCUT2D eigenvalue weighted by atomic mass is 9.83. The van der Waals surface area contributed by atoms with Crippen LogP contribution in [0.25, 0.3) is 0 Å². The lowest BCUT2D eigenvalue weighted by Gasteiger charge is -2.26. The minimum Gasteiger partial charge on any atom is -0.481 e. The van der Waals surface area contributed by atoms with Crippen LogP contribution in [0.3, 0.4) is 0 Å². The van der Waals surface area contributed by atoms with Gasteiger partial charge in [0.1, 0.15) is 0 Å². The summed E-state index contributed by atoms with van der Waals surface area (Å²) in [4.78, 5) is 11.2. The van der Waals surface area contributed by atoms with Gasteiger partial charge in [0, 0.05) is 0 Å². The van der Waals surface area contributed by atoms with Crippen molar-refractivity contribution in [3.05, 3.63) is 35.9 Å². The predicted octanol–water partition coefficient (Wildman–Crippen LogP) is 3.09. The van der Waals surface area contributed by atoms with Crippen LogP contribution < -0.4 is 0 Å². The molecule has 0 saturated carbocycles. The van der Waals surface area contributed by atoms with Gasteiger partial charge in [0.05, 0.1) is 18.6 Å². The lowest BCUT2D eigenvalue weighted by molar-refractivity contribution is -0.154. The Morgan fingerprint density at radius 3 is 2.29 bits per heavy atom. The highest BCUT2D eigenvalue weighted by molar-refractivity contribution is 5.74. The molecule has 0 bridgehead atoms. The van der Waals surface area contributed by atoms with E-state index in [-0.39, 0.29) is 6.61 Å². The molecule has 0 spiro atoms. The van der Waals surface area contributed by atoms with Gasteiger partial charge in [0.2, 0.25) is 0 Å². The van der Waals surface area contributed by atoms with E-state index in [2.05, 4.69) is 0 Å². The second-order valence-corrected chi connectivity index (χ2v) is 4.27. The highest BCUT2D eigenvalue weighted by Gasteiger charge is 2.35. The molecule has 1 N–H and O–H groups in total. The van der Waals surface area contributed by atoms with Crippen LogP contribution in [0, 0.1) is 5.41 Å². The largest absolute Gasteiger partial charge is 0.481 e. The van der Waals surface area contributed by atoms with E-state index >= 15 is 0 Å². The first-order chi connectivity index (χ1) is 8.14. The van der Waals surface area contributed by atoms with Gasteiger partial charge in [-0.15, -0.1) is 0 Å². The van der Waals surface area contributed by atoms with Crippen molar-refractivity contribution in [1.29, 1.82) is 0 Å². The lowest BCUT2D eigenvalue weighted by Crippen LogP contribution is -2.34. The number of carboxylic acids is 1. The molecule has 94 valence electrons. The van der Waals surface area contributed by atoms with E-state index in [1.54, 1.807) is 0 Å². The Kier molecular flexibility index (Phi) is 5.16. The number of carbonyl (C=O) groups is 1. The van der Waals surface area contributed by atoms with Gasteiger partial charge in [-0.2, -0.15) is 0 Å². The first kappa shape index (κ1) is 13.7. The van der Waals surface area contributed by atoms with Crippen LogP contribution in [0.1, 0.15) is 32.3 Å². The average molecular weight is 236 g/mol. The summed E-state index contributed by atoms with van der Waals surface area (Å²) in [7, 11) is 0. The first-order valence-corrected chi connectivity index (χ1v) is 5.99. The number of carboxylic acid groups (broad SMARTS) is 1. The topological polar surface area (TPSA) is 46.5 Å². The van der Waals surface area contributed by atoms with Crippen LogP contribution in [0.5, 0.6) is 0 Å². The van der Waals surface area contributed by atoms with Crippen LogP contribution in [0.15, 0.2) is 30.3 Å². The van der Waals surface area contributed by atoms with Gasteiger partial charge >= 0.3 is 5.97 Å². The molecule has 0 aliphatic rings. The van der Waals surface area contributed by atoms with Gasteiger partial charge in [-0.05, 0) is 18.4 Å². The van der Waals surface area contributed by atoms with Gasteiger partial charge in [-0.3, -0.25) is 4.79 Å². The molecular weight excluding hydrogens is 216 g/mol. The smallest absolute Gasteiger partial charge is 0.311 e. The average Bonchev–Trinajstić information content (AvgIpc) is 2.36. The fraction of sp³-hybridized carbons (Fsp3) is 0.500. The molecule has 0 radical (unpaired) electrons. The Hall–Kier alpha value is -1.35. The number of benzene rings is 1. The standard InChI is InChI=1S/C14H20O3/c1-3-14(4-2,13(15)16)11-17-10-12-8-6-5-7-9-12/h5-9H,3-4,10-11H2,1-2H3,(H,15,16). The SMILES string of the molecule is CCC(CC)(COCc1ccccc1)C(=O)O. The molecule has 3 nitrogen and oxygen atoms in total. The number of hydrogen-bond acceptors (Lipinski definition) is 2. The summed E-state index contributed by atoms with van der Waals surface area (Å²) >= 11 is 0. The predicted molar refractivity (Wildman–Crippen MR) is 66.7 cm³/mol. The minimum atomic E-state index is -0.768. The summed E-state index contributed by atoms with van der Waals surface area (Å²) in [5, 5.41) is 9.24. The Bertz CT molecular complexity index is 342. The van der Waals surface area contributed by atoms with Gasteiger partial charge in [0.25, 0.3) is 0 Å². The third-order valence-electron chi connectivity index (χ3n) is 3.30. The Balaban J connectivity index is 2.51. The van der Waals surface area contributed by atoms with Crippen LogP contribution in [-0.2, 0) is 16.1 Å². The van der Waals surface area contributed by atoms with E-state index in [9.17, 15) is 9.90 Å². The summed E-state index contributed by atoms with van der Waals surface area (Å²) in [5.41, 5.74) is 0.327. The zero-order chi connectivity index (χ0) is 12.7. The van der Waals surface area contributed by atoms with Crippen molar-refractivity contribution < 1.29 is 14.6 Å². The summed E-state index contributed by atoms with van der Waals surface area (Å²) in [5.74, 6) is -0.768. The van der Waals surface area contributed by atoms with Crippen molar-refractivity contribution in [3.8, 4) is 0 Å². The maximum atomic E-state index is 11.2. The highest BCUT2D eigenvalue weighted by atomic mass is 16.5. The number of hydrogen-bond donors (Lipinski definition) is 1. The van der Waals surface area contributed by atoms with Gasteiger partial charge in [0.15, 0.2) is 0 Å². The van der Waals surface area contributed by atoms with E-state index in [0.29, 0.717) is 19.4 Å². The normalized spacial score (nSPS) is 11.4. The van der Waals surface area contributed by atoms with Crippen molar-refractivity contribution >= 4 is 5.97 Å². The molecule has 0 saturated heterocycles. The molecule has 0 aliphatic heterocycles. The third kappa shape index (κ3) is 3.56. The molecule has 3 heteroatoms. The van der Waals surface area contributed by atoms with Crippen LogP contribution in [-0.4, -0.2) is 17.7 Å². The van der Waals surface area contributed by atoms with Crippen molar-refractivity contribution in [3.63, 3.8) is 0 Å². The Morgan fingerprint density at radius 2 is 1.82 bits per heavy atom. The molecular formula is C14H20O3. The molecule has 0 fully saturated rings. The number of rotatable bonds is 7. The zero-order valence-corrected chi connectivity index (χ0v) is 10.5. The summed E-state index contributed by atoms with van der Waals surface area (Å²) in [6, 6.07) is 9.79. The number of aliphatic carboxylic acids is 1. The molecule has 0 amide bonds. The van der Waals surface area contributed by atoms with E-state index in [1.807, 2.05) is 44.2 Å². The fourth-order valence-corrected chi connectivity index (χ4v) is 1.76. The fourth-order valence-electron chi connectivity index (χ4n) is 1.76. The van der Waals surface area contributed by atoms with Crippen molar-refractivity contribution in [2.24, 2.45) is 5.41 Å². The minimum absolute atomic E-state index is 0.268. The highest BCUT2D eigenvalue weighted by Crippen LogP contribution is 2.27. The molecule has 0 atom stereocenters. The molecule has 0 aromatic heterocycles. The molecule has 1 aromatic rings. The van der Waals surface area contributed by atoms with E-state index in [4.69, 9.17) is 4.74 Å². The Labute approximate surface area is 102 Å². The molecule has 0 heterocycles. The van der Waals surface area contributed by atoms with Crippen molar-refractivity contribution in [2.75, 3.05) is 6.61 Å². The molecule has 0 unspecified atom stereocenters. The summed E-state index contributed by atoms with van der Waals surface area (Å²) in [6.07, 6.45) is 1.18. The van der Waals surface area contributed by atoms with Crippen molar-refractivity contribution in [2.45, 2.75) is 33.3 Å².